The molecule has 0 aromatic carbocycles. The minimum atomic E-state index is -2.65. The molecule has 1 aliphatic carbocycles. The van der Waals surface area contributed by atoms with Crippen LogP contribution in [0.4, 0.5) is 24.7 Å². The first-order valence-corrected chi connectivity index (χ1v) is 8.28. The van der Waals surface area contributed by atoms with Crippen LogP contribution in [0, 0.1) is 5.82 Å². The van der Waals surface area contributed by atoms with Crippen molar-refractivity contribution in [1.82, 2.24) is 19.4 Å². The van der Waals surface area contributed by atoms with Gasteiger partial charge < -0.3 is 11.5 Å². The lowest BCUT2D eigenvalue weighted by molar-refractivity contribution is -0.0384. The monoisotopic (exact) mass is 362 g/mol. The SMILES string of the molecule is Nc1nc(-c2cnc3ccc(F)cn23)nc(C2CCC(F)(F)CC2)c1N. The Kier molecular flexibility index (Phi) is 3.74. The van der Waals surface area contributed by atoms with Crippen molar-refractivity contribution in [3.63, 3.8) is 0 Å². The summed E-state index contributed by atoms with van der Waals surface area (Å²) < 4.78 is 42.0. The van der Waals surface area contributed by atoms with Crippen molar-refractivity contribution in [3.05, 3.63) is 36.0 Å². The summed E-state index contributed by atoms with van der Waals surface area (Å²) >= 11 is 0. The van der Waals surface area contributed by atoms with Crippen molar-refractivity contribution in [3.8, 4) is 11.5 Å². The van der Waals surface area contributed by atoms with E-state index in [9.17, 15) is 13.2 Å². The highest BCUT2D eigenvalue weighted by Gasteiger charge is 2.37. The average molecular weight is 362 g/mol. The molecule has 3 aromatic rings. The van der Waals surface area contributed by atoms with Crippen LogP contribution in [0.5, 0.6) is 0 Å². The first kappa shape index (κ1) is 16.6. The normalized spacial score (nSPS) is 17.7. The molecule has 1 aliphatic rings. The Labute approximate surface area is 147 Å². The number of anilines is 2. The first-order valence-electron chi connectivity index (χ1n) is 8.28. The summed E-state index contributed by atoms with van der Waals surface area (Å²) in [5, 5.41) is 0. The Morgan fingerprint density at radius 2 is 1.85 bits per heavy atom. The van der Waals surface area contributed by atoms with E-state index in [1.54, 1.807) is 0 Å². The number of aromatic nitrogens is 4. The average Bonchev–Trinajstić information content (AvgIpc) is 3.00. The van der Waals surface area contributed by atoms with Gasteiger partial charge in [0.25, 0.3) is 0 Å². The second-order valence-corrected chi connectivity index (χ2v) is 6.58. The Hall–Kier alpha value is -2.84. The van der Waals surface area contributed by atoms with Crippen LogP contribution in [0.3, 0.4) is 0 Å². The van der Waals surface area contributed by atoms with E-state index in [0.29, 0.717) is 17.0 Å². The number of hydrogen-bond donors (Lipinski definition) is 2. The van der Waals surface area contributed by atoms with E-state index >= 15 is 0 Å². The van der Waals surface area contributed by atoms with Crippen LogP contribution in [0.1, 0.15) is 37.3 Å². The number of nitrogen functional groups attached to an aromatic ring is 2. The third-order valence-electron chi connectivity index (χ3n) is 4.81. The molecule has 3 heterocycles. The van der Waals surface area contributed by atoms with Crippen LogP contribution in [-0.2, 0) is 0 Å². The van der Waals surface area contributed by atoms with Gasteiger partial charge in [-0.25, -0.2) is 28.1 Å². The van der Waals surface area contributed by atoms with Gasteiger partial charge in [0.2, 0.25) is 5.92 Å². The summed E-state index contributed by atoms with van der Waals surface area (Å²) in [6.07, 6.45) is 2.91. The molecule has 6 nitrogen and oxygen atoms in total. The summed E-state index contributed by atoms with van der Waals surface area (Å²) in [5.41, 5.74) is 13.6. The van der Waals surface area contributed by atoms with Crippen LogP contribution >= 0.6 is 0 Å². The van der Waals surface area contributed by atoms with E-state index in [2.05, 4.69) is 15.0 Å². The number of hydrogen-bond acceptors (Lipinski definition) is 5. The van der Waals surface area contributed by atoms with E-state index in [-0.39, 0.29) is 48.9 Å². The Morgan fingerprint density at radius 3 is 2.58 bits per heavy atom. The standard InChI is InChI=1S/C17H17F3N6/c18-10-1-2-12-23-7-11(26(12)8-10)16-24-14(13(21)15(22)25-16)9-3-5-17(19,20)6-4-9/h1-2,7-9H,3-6,21H2,(H2,22,24,25). The van der Waals surface area contributed by atoms with Gasteiger partial charge in [0, 0.05) is 25.0 Å². The van der Waals surface area contributed by atoms with Crippen LogP contribution in [-0.4, -0.2) is 25.3 Å². The molecule has 0 atom stereocenters. The van der Waals surface area contributed by atoms with Gasteiger partial charge in [-0.2, -0.15) is 0 Å². The largest absolute Gasteiger partial charge is 0.394 e. The van der Waals surface area contributed by atoms with Crippen LogP contribution < -0.4 is 11.5 Å². The Balaban J connectivity index is 1.78. The molecule has 26 heavy (non-hydrogen) atoms. The number of nitrogens with two attached hydrogens (primary N) is 2. The fourth-order valence-electron chi connectivity index (χ4n) is 3.36. The Bertz CT molecular complexity index is 974. The van der Waals surface area contributed by atoms with Crippen LogP contribution in [0.2, 0.25) is 0 Å². The molecule has 0 saturated heterocycles. The van der Waals surface area contributed by atoms with Gasteiger partial charge in [0.1, 0.15) is 17.2 Å². The minimum absolute atomic E-state index is 0.0775. The summed E-state index contributed by atoms with van der Waals surface area (Å²) in [6.45, 7) is 0. The van der Waals surface area contributed by atoms with Crippen molar-refractivity contribution in [2.45, 2.75) is 37.5 Å². The smallest absolute Gasteiger partial charge is 0.248 e. The topological polar surface area (TPSA) is 95.1 Å². The molecule has 0 amide bonds. The number of nitrogens with zero attached hydrogens (tertiary/aromatic N) is 4. The molecular formula is C17H17F3N6. The van der Waals surface area contributed by atoms with E-state index in [1.165, 1.54) is 28.9 Å². The van der Waals surface area contributed by atoms with Crippen molar-refractivity contribution in [1.29, 1.82) is 0 Å². The molecule has 0 spiro atoms. The van der Waals surface area contributed by atoms with E-state index in [1.807, 2.05) is 0 Å². The van der Waals surface area contributed by atoms with Crippen molar-refractivity contribution >= 4 is 17.2 Å². The van der Waals surface area contributed by atoms with Gasteiger partial charge in [0.15, 0.2) is 11.6 Å². The second-order valence-electron chi connectivity index (χ2n) is 6.58. The quantitative estimate of drug-likeness (QED) is 0.729. The predicted octanol–water partition coefficient (Wildman–Crippen LogP) is 3.39. The lowest BCUT2D eigenvalue weighted by Gasteiger charge is -2.28. The van der Waals surface area contributed by atoms with E-state index in [0.717, 1.165) is 0 Å². The maximum absolute atomic E-state index is 13.6. The molecule has 1 saturated carbocycles. The summed E-state index contributed by atoms with van der Waals surface area (Å²) in [4.78, 5) is 12.9. The Morgan fingerprint density at radius 1 is 1.12 bits per heavy atom. The predicted molar refractivity (Wildman–Crippen MR) is 91.2 cm³/mol. The maximum Gasteiger partial charge on any atom is 0.248 e. The van der Waals surface area contributed by atoms with Crippen molar-refractivity contribution in [2.24, 2.45) is 0 Å². The number of rotatable bonds is 2. The van der Waals surface area contributed by atoms with E-state index < -0.39 is 11.7 Å². The highest BCUT2D eigenvalue weighted by molar-refractivity contribution is 5.67. The first-order chi connectivity index (χ1) is 12.3. The third kappa shape index (κ3) is 2.83. The summed E-state index contributed by atoms with van der Waals surface area (Å²) in [5.74, 6) is -2.98. The zero-order valence-corrected chi connectivity index (χ0v) is 13.8. The van der Waals surface area contributed by atoms with Crippen molar-refractivity contribution < 1.29 is 13.2 Å². The minimum Gasteiger partial charge on any atom is -0.394 e. The zero-order chi connectivity index (χ0) is 18.5. The number of pyridine rings is 1. The molecule has 0 bridgehead atoms. The lowest BCUT2D eigenvalue weighted by atomic mass is 9.84. The summed E-state index contributed by atoms with van der Waals surface area (Å²) in [6, 6.07) is 2.83. The molecular weight excluding hydrogens is 345 g/mol. The van der Waals surface area contributed by atoms with Crippen LogP contribution in [0.25, 0.3) is 17.2 Å². The molecule has 4 N–H and O–H groups in total. The van der Waals surface area contributed by atoms with Gasteiger partial charge in [-0.3, -0.25) is 4.40 Å². The molecule has 4 rings (SSSR count). The zero-order valence-electron chi connectivity index (χ0n) is 13.8. The fourth-order valence-corrected chi connectivity index (χ4v) is 3.36. The van der Waals surface area contributed by atoms with Gasteiger partial charge in [0.05, 0.1) is 17.6 Å². The number of alkyl halides is 2. The number of halogens is 3. The molecule has 0 unspecified atom stereocenters. The highest BCUT2D eigenvalue weighted by Crippen LogP contribution is 2.42. The van der Waals surface area contributed by atoms with Gasteiger partial charge in [-0.1, -0.05) is 0 Å². The van der Waals surface area contributed by atoms with Gasteiger partial charge >= 0.3 is 0 Å². The highest BCUT2D eigenvalue weighted by atomic mass is 19.3. The third-order valence-corrected chi connectivity index (χ3v) is 4.81. The molecule has 0 radical (unpaired) electrons. The van der Waals surface area contributed by atoms with E-state index in [4.69, 9.17) is 11.5 Å². The maximum atomic E-state index is 13.6. The molecule has 0 aliphatic heterocycles. The lowest BCUT2D eigenvalue weighted by Crippen LogP contribution is -2.25. The van der Waals surface area contributed by atoms with Gasteiger partial charge in [-0.05, 0) is 25.0 Å². The van der Waals surface area contributed by atoms with Crippen LogP contribution in [0.15, 0.2) is 24.5 Å². The van der Waals surface area contributed by atoms with Crippen molar-refractivity contribution in [2.75, 3.05) is 11.5 Å². The van der Waals surface area contributed by atoms with Gasteiger partial charge in [-0.15, -0.1) is 0 Å². The number of imidazole rings is 1. The molecule has 136 valence electrons. The molecule has 3 aromatic heterocycles. The second kappa shape index (κ2) is 5.86. The summed E-state index contributed by atoms with van der Waals surface area (Å²) in [7, 11) is 0. The number of fused-ring (bicyclic) bond motifs is 1. The molecule has 9 heteroatoms. The molecule has 1 fully saturated rings. The fraction of sp³-hybridized carbons (Fsp3) is 0.353.